The lowest BCUT2D eigenvalue weighted by atomic mass is 9.90. The van der Waals surface area contributed by atoms with E-state index in [9.17, 15) is 4.79 Å². The number of aryl methyl sites for hydroxylation is 1. The van der Waals surface area contributed by atoms with Crippen molar-refractivity contribution in [3.05, 3.63) is 23.8 Å². The van der Waals surface area contributed by atoms with Crippen LogP contribution < -0.4 is 10.2 Å². The third-order valence-corrected chi connectivity index (χ3v) is 6.46. The van der Waals surface area contributed by atoms with Gasteiger partial charge in [-0.15, -0.1) is 0 Å². The number of fused-ring (bicyclic) bond motifs is 1. The molecule has 2 aromatic rings. The number of nitrogens with one attached hydrogen (secondary N) is 1. The number of carbonyl (C=O) groups is 1. The molecule has 2 aliphatic rings. The lowest BCUT2D eigenvalue weighted by Crippen LogP contribution is -2.44. The fourth-order valence-electron chi connectivity index (χ4n) is 4.55. The zero-order valence-electron chi connectivity index (χ0n) is 17.1. The number of hydrogen-bond acceptors (Lipinski definition) is 5. The molecular formula is C21H30N6O. The highest BCUT2D eigenvalue weighted by atomic mass is 16.1. The Morgan fingerprint density at radius 2 is 1.89 bits per heavy atom. The van der Waals surface area contributed by atoms with Gasteiger partial charge in [-0.3, -0.25) is 4.79 Å². The van der Waals surface area contributed by atoms with E-state index < -0.39 is 0 Å². The first-order valence-corrected chi connectivity index (χ1v) is 10.4. The van der Waals surface area contributed by atoms with Crippen LogP contribution in [0.1, 0.15) is 52.4 Å². The van der Waals surface area contributed by atoms with Gasteiger partial charge in [-0.1, -0.05) is 5.57 Å². The molecule has 7 heteroatoms. The molecular weight excluding hydrogens is 352 g/mol. The summed E-state index contributed by atoms with van der Waals surface area (Å²) >= 11 is 0. The monoisotopic (exact) mass is 382 g/mol. The molecule has 7 nitrogen and oxygen atoms in total. The molecule has 1 atom stereocenters. The molecule has 150 valence electrons. The number of amides is 1. The van der Waals surface area contributed by atoms with Crippen molar-refractivity contribution in [1.29, 1.82) is 0 Å². The summed E-state index contributed by atoms with van der Waals surface area (Å²) < 4.78 is 1.92. The summed E-state index contributed by atoms with van der Waals surface area (Å²) in [6.07, 6.45) is 10.1. The zero-order chi connectivity index (χ0) is 19.7. The predicted octanol–water partition coefficient (Wildman–Crippen LogP) is 2.97. The van der Waals surface area contributed by atoms with Gasteiger partial charge >= 0.3 is 0 Å². The second-order valence-corrected chi connectivity index (χ2v) is 8.25. The van der Waals surface area contributed by atoms with E-state index in [1.54, 1.807) is 12.7 Å². The van der Waals surface area contributed by atoms with E-state index in [1.165, 1.54) is 18.4 Å². The van der Waals surface area contributed by atoms with E-state index in [-0.39, 0.29) is 11.9 Å². The number of anilines is 1. The predicted molar refractivity (Wildman–Crippen MR) is 110 cm³/mol. The van der Waals surface area contributed by atoms with Crippen LogP contribution in [0.5, 0.6) is 0 Å². The molecule has 0 aromatic carbocycles. The van der Waals surface area contributed by atoms with Crippen LogP contribution in [-0.2, 0) is 11.8 Å². The van der Waals surface area contributed by atoms with Crippen LogP contribution in [-0.4, -0.2) is 44.6 Å². The number of piperidine rings is 1. The van der Waals surface area contributed by atoms with Crippen molar-refractivity contribution in [3.8, 4) is 0 Å². The average Bonchev–Trinajstić information content (AvgIpc) is 3.38. The van der Waals surface area contributed by atoms with Gasteiger partial charge in [0.15, 0.2) is 17.0 Å². The van der Waals surface area contributed by atoms with Crippen molar-refractivity contribution in [2.45, 2.75) is 58.4 Å². The van der Waals surface area contributed by atoms with Gasteiger partial charge in [-0.2, -0.15) is 0 Å². The number of aromatic nitrogens is 4. The van der Waals surface area contributed by atoms with Crippen LogP contribution in [0.3, 0.4) is 0 Å². The molecule has 1 aliphatic heterocycles. The second-order valence-electron chi connectivity index (χ2n) is 8.25. The molecule has 1 aliphatic carbocycles. The maximum absolute atomic E-state index is 12.6. The highest BCUT2D eigenvalue weighted by Crippen LogP contribution is 2.29. The molecule has 1 saturated carbocycles. The smallest absolute Gasteiger partial charge is 0.247 e. The highest BCUT2D eigenvalue weighted by molar-refractivity contribution is 5.93. The van der Waals surface area contributed by atoms with Crippen molar-refractivity contribution in [3.63, 3.8) is 0 Å². The van der Waals surface area contributed by atoms with Crippen LogP contribution in [0.2, 0.25) is 0 Å². The van der Waals surface area contributed by atoms with Gasteiger partial charge in [0.2, 0.25) is 5.91 Å². The minimum atomic E-state index is 0.123. The Morgan fingerprint density at radius 3 is 2.61 bits per heavy atom. The molecule has 3 heterocycles. The van der Waals surface area contributed by atoms with E-state index in [4.69, 9.17) is 0 Å². The highest BCUT2D eigenvalue weighted by Gasteiger charge is 2.27. The first-order chi connectivity index (χ1) is 13.5. The van der Waals surface area contributed by atoms with Crippen LogP contribution in [0.25, 0.3) is 11.2 Å². The number of allylic oxidation sites excluding steroid dienone is 1. The Hall–Kier alpha value is -2.44. The molecule has 4 rings (SSSR count). The summed E-state index contributed by atoms with van der Waals surface area (Å²) in [5.74, 6) is 1.53. The van der Waals surface area contributed by atoms with Crippen LogP contribution in [0, 0.1) is 5.92 Å². The van der Waals surface area contributed by atoms with Gasteiger partial charge in [0.25, 0.3) is 0 Å². The lowest BCUT2D eigenvalue weighted by Gasteiger charge is -2.35. The van der Waals surface area contributed by atoms with Crippen molar-refractivity contribution in [1.82, 2.24) is 24.8 Å². The maximum atomic E-state index is 12.6. The van der Waals surface area contributed by atoms with E-state index in [0.29, 0.717) is 5.92 Å². The molecule has 28 heavy (non-hydrogen) atoms. The van der Waals surface area contributed by atoms with Gasteiger partial charge in [-0.05, 0) is 58.3 Å². The largest absolute Gasteiger partial charge is 0.355 e. The number of carbonyl (C=O) groups excluding carboxylic acids is 1. The Morgan fingerprint density at radius 1 is 1.18 bits per heavy atom. The van der Waals surface area contributed by atoms with Crippen LogP contribution >= 0.6 is 0 Å². The SMILES string of the molecule is CC(C(=O)N[C@H](C)C1CCN(c2ncnc3c2ncn3C)CC1)=C1CCCC1. The van der Waals surface area contributed by atoms with Crippen molar-refractivity contribution < 1.29 is 4.79 Å². The van der Waals surface area contributed by atoms with Crippen molar-refractivity contribution in [2.24, 2.45) is 13.0 Å². The Labute approximate surface area is 166 Å². The van der Waals surface area contributed by atoms with Gasteiger partial charge in [-0.25, -0.2) is 15.0 Å². The van der Waals surface area contributed by atoms with Crippen LogP contribution in [0.4, 0.5) is 5.82 Å². The van der Waals surface area contributed by atoms with Crippen molar-refractivity contribution >= 4 is 22.9 Å². The summed E-state index contributed by atoms with van der Waals surface area (Å²) in [5.41, 5.74) is 4.02. The Kier molecular flexibility index (Phi) is 5.33. The molecule has 1 saturated heterocycles. The molecule has 0 bridgehead atoms. The van der Waals surface area contributed by atoms with Crippen LogP contribution in [0.15, 0.2) is 23.8 Å². The molecule has 2 aromatic heterocycles. The quantitative estimate of drug-likeness (QED) is 0.823. The van der Waals surface area contributed by atoms with Gasteiger partial charge in [0.05, 0.1) is 6.33 Å². The molecule has 1 amide bonds. The normalized spacial score (nSPS) is 19.2. The fourth-order valence-corrected chi connectivity index (χ4v) is 4.55. The summed E-state index contributed by atoms with van der Waals surface area (Å²) in [6.45, 7) is 5.98. The first kappa shape index (κ1) is 18.9. The van der Waals surface area contributed by atoms with Gasteiger partial charge in [0.1, 0.15) is 6.33 Å². The topological polar surface area (TPSA) is 75.9 Å². The van der Waals surface area contributed by atoms with E-state index in [0.717, 1.165) is 61.3 Å². The Bertz CT molecular complexity index is 885. The summed E-state index contributed by atoms with van der Waals surface area (Å²) in [6, 6.07) is 0.187. The molecule has 0 spiro atoms. The molecule has 2 fully saturated rings. The minimum Gasteiger partial charge on any atom is -0.355 e. The second kappa shape index (κ2) is 7.89. The number of hydrogen-bond donors (Lipinski definition) is 1. The minimum absolute atomic E-state index is 0.123. The third kappa shape index (κ3) is 3.62. The molecule has 0 radical (unpaired) electrons. The van der Waals surface area contributed by atoms with E-state index in [2.05, 4.69) is 32.1 Å². The summed E-state index contributed by atoms with van der Waals surface area (Å²) in [7, 11) is 1.95. The lowest BCUT2D eigenvalue weighted by molar-refractivity contribution is -0.118. The number of nitrogens with zero attached hydrogens (tertiary/aromatic N) is 5. The Balaban J connectivity index is 1.37. The standard InChI is InChI=1S/C21H30N6O/c1-14(16-6-4-5-7-16)21(28)25-15(2)17-8-10-27(11-9-17)20-18-19(22-12-23-20)26(3)13-24-18/h12-13,15,17H,4-11H2,1-3H3,(H,25,28)/t15-/m1/s1. The van der Waals surface area contributed by atoms with Gasteiger partial charge < -0.3 is 14.8 Å². The summed E-state index contributed by atoms with van der Waals surface area (Å²) in [4.78, 5) is 28.2. The fraction of sp³-hybridized carbons (Fsp3) is 0.619. The average molecular weight is 383 g/mol. The molecule has 0 unspecified atom stereocenters. The zero-order valence-corrected chi connectivity index (χ0v) is 17.1. The van der Waals surface area contributed by atoms with Gasteiger partial charge in [0, 0.05) is 31.8 Å². The van der Waals surface area contributed by atoms with E-state index >= 15 is 0 Å². The van der Waals surface area contributed by atoms with E-state index in [1.807, 2.05) is 18.5 Å². The van der Waals surface area contributed by atoms with Crippen molar-refractivity contribution in [2.75, 3.05) is 18.0 Å². The summed E-state index contributed by atoms with van der Waals surface area (Å²) in [5, 5.41) is 3.26. The number of imidazole rings is 1. The maximum Gasteiger partial charge on any atom is 0.247 e. The third-order valence-electron chi connectivity index (χ3n) is 6.46. The molecule has 1 N–H and O–H groups in total. The number of rotatable bonds is 4. The first-order valence-electron chi connectivity index (χ1n) is 10.4.